The van der Waals surface area contributed by atoms with Gasteiger partial charge >= 0.3 is 0 Å². The van der Waals surface area contributed by atoms with Crippen LogP contribution in [0.5, 0.6) is 0 Å². The molecule has 2 heterocycles. The van der Waals surface area contributed by atoms with Crippen LogP contribution in [0.2, 0.25) is 0 Å². The van der Waals surface area contributed by atoms with E-state index in [0.717, 1.165) is 11.6 Å². The molecule has 0 amide bonds. The van der Waals surface area contributed by atoms with Crippen LogP contribution in [-0.2, 0) is 0 Å². The van der Waals surface area contributed by atoms with Crippen molar-refractivity contribution in [2.45, 2.75) is 25.8 Å². The van der Waals surface area contributed by atoms with Gasteiger partial charge in [0.2, 0.25) is 0 Å². The minimum Gasteiger partial charge on any atom is -0.313 e. The second-order valence-electron chi connectivity index (χ2n) is 4.60. The molecule has 3 rings (SSSR count). The van der Waals surface area contributed by atoms with Crippen LogP contribution in [0.25, 0.3) is 5.57 Å². The van der Waals surface area contributed by atoms with Crippen LogP contribution >= 0.6 is 0 Å². The maximum Gasteiger partial charge on any atom is 0.0373 e. The Morgan fingerprint density at radius 3 is 3.07 bits per heavy atom. The third-order valence-electron chi connectivity index (χ3n) is 3.54. The summed E-state index contributed by atoms with van der Waals surface area (Å²) in [5.74, 6) is 0.765. The fourth-order valence-electron chi connectivity index (χ4n) is 2.65. The molecule has 1 aliphatic heterocycles. The first-order valence-corrected chi connectivity index (χ1v) is 5.70. The van der Waals surface area contributed by atoms with Crippen molar-refractivity contribution in [2.75, 3.05) is 6.54 Å². The number of aromatic nitrogens is 1. The van der Waals surface area contributed by atoms with Gasteiger partial charge in [0.05, 0.1) is 0 Å². The first-order valence-electron chi connectivity index (χ1n) is 5.70. The summed E-state index contributed by atoms with van der Waals surface area (Å²) in [6.45, 7) is 3.22. The summed E-state index contributed by atoms with van der Waals surface area (Å²) >= 11 is 0. The van der Waals surface area contributed by atoms with E-state index in [1.807, 2.05) is 13.1 Å². The van der Waals surface area contributed by atoms with Crippen molar-refractivity contribution in [1.29, 1.82) is 0 Å². The van der Waals surface area contributed by atoms with Gasteiger partial charge in [0.1, 0.15) is 0 Å². The predicted octanol–water partition coefficient (Wildman–Crippen LogP) is 2.16. The Balaban J connectivity index is 1.87. The molecule has 0 saturated carbocycles. The normalized spacial score (nSPS) is 29.0. The molecule has 0 unspecified atom stereocenters. The van der Waals surface area contributed by atoms with Crippen LogP contribution in [0.15, 0.2) is 24.4 Å². The van der Waals surface area contributed by atoms with E-state index in [2.05, 4.69) is 28.5 Å². The van der Waals surface area contributed by atoms with E-state index in [1.54, 1.807) is 0 Å². The van der Waals surface area contributed by atoms with Gasteiger partial charge in [-0.05, 0) is 49.4 Å². The highest BCUT2D eigenvalue weighted by atomic mass is 15.0. The first-order chi connectivity index (χ1) is 7.33. The molecule has 1 N–H and O–H groups in total. The summed E-state index contributed by atoms with van der Waals surface area (Å²) in [5, 5.41) is 3.56. The second kappa shape index (κ2) is 3.46. The van der Waals surface area contributed by atoms with E-state index < -0.39 is 0 Å². The van der Waals surface area contributed by atoms with Crippen molar-refractivity contribution >= 4 is 5.57 Å². The minimum atomic E-state index is 0.696. The molecule has 1 aliphatic carbocycles. The summed E-state index contributed by atoms with van der Waals surface area (Å²) in [7, 11) is 0. The third kappa shape index (κ3) is 1.59. The van der Waals surface area contributed by atoms with E-state index in [4.69, 9.17) is 0 Å². The molecule has 2 nitrogen and oxygen atoms in total. The van der Waals surface area contributed by atoms with Gasteiger partial charge in [-0.15, -0.1) is 0 Å². The lowest BCUT2D eigenvalue weighted by molar-refractivity contribution is 0.563. The number of hydrogen-bond donors (Lipinski definition) is 1. The molecule has 2 heteroatoms. The number of pyridine rings is 1. The molecular weight excluding hydrogens is 184 g/mol. The lowest BCUT2D eigenvalue weighted by Gasteiger charge is -2.08. The van der Waals surface area contributed by atoms with Crippen LogP contribution in [0.3, 0.4) is 0 Å². The molecule has 2 atom stereocenters. The molecule has 0 bridgehead atoms. The van der Waals surface area contributed by atoms with E-state index >= 15 is 0 Å². The molecule has 2 aliphatic rings. The smallest absolute Gasteiger partial charge is 0.0373 e. The Labute approximate surface area is 90.4 Å². The van der Waals surface area contributed by atoms with Gasteiger partial charge in [0.25, 0.3) is 0 Å². The first kappa shape index (κ1) is 9.10. The van der Waals surface area contributed by atoms with E-state index in [9.17, 15) is 0 Å². The van der Waals surface area contributed by atoms with Crippen molar-refractivity contribution in [3.8, 4) is 0 Å². The van der Waals surface area contributed by atoms with E-state index in [-0.39, 0.29) is 0 Å². The molecule has 1 saturated heterocycles. The summed E-state index contributed by atoms with van der Waals surface area (Å²) in [5.41, 5.74) is 3.87. The summed E-state index contributed by atoms with van der Waals surface area (Å²) < 4.78 is 0. The molecule has 0 radical (unpaired) electrons. The highest BCUT2D eigenvalue weighted by Crippen LogP contribution is 2.35. The second-order valence-corrected chi connectivity index (χ2v) is 4.60. The lowest BCUT2D eigenvalue weighted by atomic mass is 10.1. The standard InChI is InChI=1S/C13H16N2/c1-9-2-3-11(8-15-9)12-6-10-4-5-14-13(10)7-12/h2-3,6,8,10,13-14H,4-5,7H2,1H3/t10-,13+/m0/s1. The highest BCUT2D eigenvalue weighted by molar-refractivity contribution is 5.68. The summed E-state index contributed by atoms with van der Waals surface area (Å²) in [6, 6.07) is 4.98. The Kier molecular flexibility index (Phi) is 2.10. The van der Waals surface area contributed by atoms with Gasteiger partial charge in [-0.1, -0.05) is 12.1 Å². The van der Waals surface area contributed by atoms with Gasteiger partial charge < -0.3 is 5.32 Å². The van der Waals surface area contributed by atoms with Crippen molar-refractivity contribution in [2.24, 2.45) is 5.92 Å². The molecule has 1 aromatic heterocycles. The van der Waals surface area contributed by atoms with Crippen LogP contribution in [0.1, 0.15) is 24.1 Å². The maximum absolute atomic E-state index is 4.36. The van der Waals surface area contributed by atoms with Crippen LogP contribution in [0, 0.1) is 12.8 Å². The minimum absolute atomic E-state index is 0.696. The molecular formula is C13H16N2. The number of rotatable bonds is 1. The zero-order valence-electron chi connectivity index (χ0n) is 9.03. The molecule has 15 heavy (non-hydrogen) atoms. The van der Waals surface area contributed by atoms with Gasteiger partial charge in [-0.2, -0.15) is 0 Å². The SMILES string of the molecule is Cc1ccc(C2=C[C@@H]3CCN[C@@H]3C2)cn1. The largest absolute Gasteiger partial charge is 0.313 e. The van der Waals surface area contributed by atoms with Crippen LogP contribution in [0.4, 0.5) is 0 Å². The van der Waals surface area contributed by atoms with Crippen LogP contribution in [-0.4, -0.2) is 17.6 Å². The fourth-order valence-corrected chi connectivity index (χ4v) is 2.65. The average molecular weight is 200 g/mol. The number of hydrogen-bond acceptors (Lipinski definition) is 2. The number of nitrogens with zero attached hydrogens (tertiary/aromatic N) is 1. The third-order valence-corrected chi connectivity index (χ3v) is 3.54. The monoisotopic (exact) mass is 200 g/mol. The Bertz CT molecular complexity index is 392. The summed E-state index contributed by atoms with van der Waals surface area (Å²) in [6.07, 6.45) is 6.92. The van der Waals surface area contributed by atoms with Crippen molar-refractivity contribution in [3.05, 3.63) is 35.7 Å². The Morgan fingerprint density at radius 2 is 2.33 bits per heavy atom. The number of aryl methyl sites for hydroxylation is 1. The molecule has 78 valence electrons. The summed E-state index contributed by atoms with van der Waals surface area (Å²) in [4.78, 5) is 4.36. The van der Waals surface area contributed by atoms with Crippen molar-refractivity contribution in [1.82, 2.24) is 10.3 Å². The van der Waals surface area contributed by atoms with Crippen molar-refractivity contribution < 1.29 is 0 Å². The lowest BCUT2D eigenvalue weighted by Crippen LogP contribution is -2.22. The Morgan fingerprint density at radius 1 is 1.40 bits per heavy atom. The highest BCUT2D eigenvalue weighted by Gasteiger charge is 2.31. The topological polar surface area (TPSA) is 24.9 Å². The van der Waals surface area contributed by atoms with Crippen molar-refractivity contribution in [3.63, 3.8) is 0 Å². The number of fused-ring (bicyclic) bond motifs is 1. The zero-order valence-corrected chi connectivity index (χ0v) is 9.03. The van der Waals surface area contributed by atoms with E-state index in [1.165, 1.54) is 30.5 Å². The predicted molar refractivity (Wildman–Crippen MR) is 61.5 cm³/mol. The maximum atomic E-state index is 4.36. The Hall–Kier alpha value is -1.15. The quantitative estimate of drug-likeness (QED) is 0.751. The van der Waals surface area contributed by atoms with Gasteiger partial charge in [0.15, 0.2) is 0 Å². The molecule has 0 spiro atoms. The van der Waals surface area contributed by atoms with Gasteiger partial charge in [-0.3, -0.25) is 4.98 Å². The fraction of sp³-hybridized carbons (Fsp3) is 0.462. The van der Waals surface area contributed by atoms with Gasteiger partial charge in [-0.25, -0.2) is 0 Å². The van der Waals surface area contributed by atoms with Gasteiger partial charge in [0, 0.05) is 17.9 Å². The van der Waals surface area contributed by atoms with Crippen LogP contribution < -0.4 is 5.32 Å². The van der Waals surface area contributed by atoms with E-state index in [0.29, 0.717) is 6.04 Å². The molecule has 0 aromatic carbocycles. The molecule has 1 fully saturated rings. The average Bonchev–Trinajstić information content (AvgIpc) is 2.78. The zero-order chi connectivity index (χ0) is 10.3. The molecule has 1 aromatic rings. The number of nitrogens with one attached hydrogen (secondary N) is 1.